The van der Waals surface area contributed by atoms with E-state index in [9.17, 15) is 33.4 Å². The minimum Gasteiger partial charge on any atom is -0.465 e. The van der Waals surface area contributed by atoms with E-state index in [1.165, 1.54) is 32.0 Å². The number of anilines is 1. The van der Waals surface area contributed by atoms with Gasteiger partial charge in [0.05, 0.1) is 27.0 Å². The van der Waals surface area contributed by atoms with Gasteiger partial charge in [-0.3, -0.25) is 29.3 Å². The van der Waals surface area contributed by atoms with Crippen LogP contribution in [-0.4, -0.2) is 37.4 Å². The topological polar surface area (TPSA) is 150 Å². The van der Waals surface area contributed by atoms with Crippen LogP contribution in [0.1, 0.15) is 12.5 Å². The monoisotopic (exact) mass is 423 g/mol. The van der Waals surface area contributed by atoms with Crippen LogP contribution in [0.4, 0.5) is 17.1 Å². The third-order valence-electron chi connectivity index (χ3n) is 3.87. The van der Waals surface area contributed by atoms with Crippen LogP contribution in [0.15, 0.2) is 47.4 Å². The molecule has 0 N–H and O–H groups in total. The smallest absolute Gasteiger partial charge is 0.326 e. The second kappa shape index (κ2) is 8.65. The number of benzene rings is 2. The number of nitrogens with zero attached hydrogens (tertiary/aromatic N) is 3. The van der Waals surface area contributed by atoms with E-state index in [2.05, 4.69) is 0 Å². The van der Waals surface area contributed by atoms with E-state index in [1.54, 1.807) is 0 Å². The zero-order chi connectivity index (χ0) is 21.8. The summed E-state index contributed by atoms with van der Waals surface area (Å²) < 4.78 is 31.9. The van der Waals surface area contributed by atoms with Crippen molar-refractivity contribution in [3.63, 3.8) is 0 Å². The van der Waals surface area contributed by atoms with Crippen molar-refractivity contribution in [2.75, 3.05) is 17.5 Å². The van der Waals surface area contributed by atoms with Gasteiger partial charge in [0.1, 0.15) is 6.54 Å². The van der Waals surface area contributed by atoms with Gasteiger partial charge in [0.25, 0.3) is 21.4 Å². The van der Waals surface area contributed by atoms with Gasteiger partial charge in [-0.2, -0.15) is 0 Å². The normalized spacial score (nSPS) is 11.0. The third kappa shape index (κ3) is 4.85. The molecule has 0 radical (unpaired) electrons. The summed E-state index contributed by atoms with van der Waals surface area (Å²) in [7, 11) is -4.48. The molecule has 0 heterocycles. The summed E-state index contributed by atoms with van der Waals surface area (Å²) in [6, 6.07) is 7.84. The molecule has 0 aliphatic carbocycles. The number of hydrogen-bond acceptors (Lipinski definition) is 8. The number of nitro benzene ring substituents is 2. The Hall–Kier alpha value is -3.54. The van der Waals surface area contributed by atoms with Gasteiger partial charge >= 0.3 is 5.97 Å². The zero-order valence-corrected chi connectivity index (χ0v) is 16.3. The highest BCUT2D eigenvalue weighted by atomic mass is 32.2. The molecule has 0 unspecified atom stereocenters. The molecule has 2 rings (SSSR count). The maximum atomic E-state index is 13.2. The first kappa shape index (κ1) is 21.8. The molecule has 154 valence electrons. The number of rotatable bonds is 8. The van der Waals surface area contributed by atoms with Crippen LogP contribution in [0.25, 0.3) is 0 Å². The molecule has 0 amide bonds. The molecule has 0 bridgehead atoms. The summed E-state index contributed by atoms with van der Waals surface area (Å²) in [6.07, 6.45) is 0. The minimum absolute atomic E-state index is 0.00253. The van der Waals surface area contributed by atoms with Gasteiger partial charge in [0, 0.05) is 24.3 Å². The highest BCUT2D eigenvalue weighted by Crippen LogP contribution is 2.31. The van der Waals surface area contributed by atoms with Crippen LogP contribution >= 0.6 is 0 Å². The molecule has 2 aromatic rings. The molecule has 0 aromatic heterocycles. The fourth-order valence-corrected chi connectivity index (χ4v) is 3.99. The Balaban J connectivity index is 2.66. The quantitative estimate of drug-likeness (QED) is 0.357. The standard InChI is InChI=1S/C17H17N3O8S/c1-3-28-17(21)11-18(16-10-14(20(24)25)8-7-12(16)2)29(26,27)15-6-4-5-13(9-15)19(22)23/h4-10H,3,11H2,1-2H3. The van der Waals surface area contributed by atoms with Crippen LogP contribution < -0.4 is 4.31 Å². The fraction of sp³-hybridized carbons (Fsp3) is 0.235. The number of hydrogen-bond donors (Lipinski definition) is 0. The summed E-state index contributed by atoms with van der Waals surface area (Å²) in [5, 5.41) is 22.1. The lowest BCUT2D eigenvalue weighted by molar-refractivity contribution is -0.385. The Morgan fingerprint density at radius 1 is 1.07 bits per heavy atom. The highest BCUT2D eigenvalue weighted by Gasteiger charge is 2.31. The van der Waals surface area contributed by atoms with E-state index in [1.807, 2.05) is 0 Å². The molecular weight excluding hydrogens is 406 g/mol. The summed E-state index contributed by atoms with van der Waals surface area (Å²) in [5.74, 6) is -0.882. The Morgan fingerprint density at radius 3 is 2.28 bits per heavy atom. The maximum absolute atomic E-state index is 13.2. The predicted molar refractivity (Wildman–Crippen MR) is 102 cm³/mol. The van der Waals surface area contributed by atoms with E-state index in [-0.39, 0.29) is 18.0 Å². The third-order valence-corrected chi connectivity index (χ3v) is 5.62. The highest BCUT2D eigenvalue weighted by molar-refractivity contribution is 7.92. The molecule has 11 nitrogen and oxygen atoms in total. The Morgan fingerprint density at radius 2 is 1.69 bits per heavy atom. The van der Waals surface area contributed by atoms with E-state index in [4.69, 9.17) is 4.74 Å². The van der Waals surface area contributed by atoms with Crippen LogP contribution in [0.3, 0.4) is 0 Å². The van der Waals surface area contributed by atoms with Crippen molar-refractivity contribution in [2.24, 2.45) is 0 Å². The van der Waals surface area contributed by atoms with Gasteiger partial charge < -0.3 is 4.74 Å². The van der Waals surface area contributed by atoms with Gasteiger partial charge in [-0.25, -0.2) is 8.42 Å². The van der Waals surface area contributed by atoms with Crippen molar-refractivity contribution in [1.82, 2.24) is 0 Å². The molecule has 0 aliphatic heterocycles. The van der Waals surface area contributed by atoms with Crippen molar-refractivity contribution in [3.8, 4) is 0 Å². The van der Waals surface area contributed by atoms with Crippen LogP contribution in [0.5, 0.6) is 0 Å². The van der Waals surface area contributed by atoms with Crippen LogP contribution in [0.2, 0.25) is 0 Å². The number of aryl methyl sites for hydroxylation is 1. The number of nitro groups is 2. The number of carbonyl (C=O) groups excluding carboxylic acids is 1. The summed E-state index contributed by atoms with van der Waals surface area (Å²) >= 11 is 0. The van der Waals surface area contributed by atoms with Gasteiger partial charge in [-0.1, -0.05) is 12.1 Å². The number of sulfonamides is 1. The molecular formula is C17H17N3O8S. The second-order valence-corrected chi connectivity index (χ2v) is 7.66. The molecule has 0 atom stereocenters. The lowest BCUT2D eigenvalue weighted by Crippen LogP contribution is -2.37. The molecule has 12 heteroatoms. The lowest BCUT2D eigenvalue weighted by Gasteiger charge is -2.25. The first-order valence-electron chi connectivity index (χ1n) is 8.25. The van der Waals surface area contributed by atoms with Gasteiger partial charge in [-0.15, -0.1) is 0 Å². The first-order valence-corrected chi connectivity index (χ1v) is 9.69. The first-order chi connectivity index (χ1) is 13.6. The van der Waals surface area contributed by atoms with Crippen molar-refractivity contribution < 1.29 is 27.8 Å². The average Bonchev–Trinajstić information content (AvgIpc) is 2.66. The molecule has 0 fully saturated rings. The molecule has 0 saturated heterocycles. The van der Waals surface area contributed by atoms with E-state index in [0.717, 1.165) is 24.3 Å². The van der Waals surface area contributed by atoms with Gasteiger partial charge in [0.15, 0.2) is 0 Å². The number of esters is 1. The number of ether oxygens (including phenoxy) is 1. The van der Waals surface area contributed by atoms with E-state index in [0.29, 0.717) is 9.87 Å². The molecule has 29 heavy (non-hydrogen) atoms. The van der Waals surface area contributed by atoms with Crippen LogP contribution in [0, 0.1) is 27.2 Å². The molecule has 0 spiro atoms. The molecule has 0 saturated carbocycles. The SMILES string of the molecule is CCOC(=O)CN(c1cc([N+](=O)[O-])ccc1C)S(=O)(=O)c1cccc([N+](=O)[O-])c1. The van der Waals surface area contributed by atoms with Crippen molar-refractivity contribution >= 4 is 33.1 Å². The number of non-ortho nitro benzene ring substituents is 2. The number of carbonyl (C=O) groups is 1. The largest absolute Gasteiger partial charge is 0.465 e. The maximum Gasteiger partial charge on any atom is 0.326 e. The lowest BCUT2D eigenvalue weighted by atomic mass is 10.2. The van der Waals surface area contributed by atoms with Gasteiger partial charge in [-0.05, 0) is 25.5 Å². The van der Waals surface area contributed by atoms with Gasteiger partial charge in [0.2, 0.25) is 0 Å². The van der Waals surface area contributed by atoms with Crippen molar-refractivity contribution in [1.29, 1.82) is 0 Å². The second-order valence-electron chi connectivity index (χ2n) is 5.80. The van der Waals surface area contributed by atoms with Crippen molar-refractivity contribution in [3.05, 3.63) is 68.3 Å². The Kier molecular flexibility index (Phi) is 6.49. The fourth-order valence-electron chi connectivity index (χ4n) is 2.49. The minimum atomic E-state index is -4.48. The Bertz CT molecular complexity index is 1070. The van der Waals surface area contributed by atoms with Crippen molar-refractivity contribution in [2.45, 2.75) is 18.7 Å². The summed E-state index contributed by atoms with van der Waals surface area (Å²) in [4.78, 5) is 32.3. The predicted octanol–water partition coefficient (Wildman–Crippen LogP) is 2.57. The summed E-state index contributed by atoms with van der Waals surface area (Å²) in [6.45, 7) is 2.29. The molecule has 2 aromatic carbocycles. The Labute approximate surface area is 165 Å². The van der Waals surface area contributed by atoms with Crippen LogP contribution in [-0.2, 0) is 19.6 Å². The van der Waals surface area contributed by atoms with E-state index < -0.39 is 43.0 Å². The summed E-state index contributed by atoms with van der Waals surface area (Å²) in [5.41, 5.74) is -0.612. The van der Waals surface area contributed by atoms with E-state index >= 15 is 0 Å². The average molecular weight is 423 g/mol. The molecule has 0 aliphatic rings. The zero-order valence-electron chi connectivity index (χ0n) is 15.5.